The van der Waals surface area contributed by atoms with Crippen LogP contribution in [0.3, 0.4) is 0 Å². The second kappa shape index (κ2) is 8.25. The lowest BCUT2D eigenvalue weighted by Gasteiger charge is -2.22. The number of hydrogen-bond acceptors (Lipinski definition) is 4. The third-order valence-electron chi connectivity index (χ3n) is 2.41. The van der Waals surface area contributed by atoms with Crippen molar-refractivity contribution < 1.29 is 13.2 Å². The van der Waals surface area contributed by atoms with Gasteiger partial charge in [-0.1, -0.05) is 6.92 Å². The summed E-state index contributed by atoms with van der Waals surface area (Å²) in [4.78, 5) is 0. The van der Waals surface area contributed by atoms with Crippen molar-refractivity contribution in [2.24, 2.45) is 0 Å². The first-order chi connectivity index (χ1) is 7.17. The van der Waals surface area contributed by atoms with Gasteiger partial charge in [0.1, 0.15) is 0 Å². The van der Waals surface area contributed by atoms with Crippen LogP contribution < -0.4 is 10.0 Å². The Morgan fingerprint density at radius 1 is 1.38 bits per heavy atom. The number of likely N-dealkylation sites (N-methyl/N-ethyl adjacent to an activating group) is 1. The van der Waals surface area contributed by atoms with E-state index in [1.54, 1.807) is 0 Å². The number of nitrogens with one attached hydrogen (secondary N) is 2. The SMILES string of the molecule is CCNCCNS(=O)(=O)C1CCCOC1.Cl. The number of halogens is 1. The Bertz CT molecular complexity index is 266. The Hall–Kier alpha value is 0.120. The van der Waals surface area contributed by atoms with Crippen molar-refractivity contribution >= 4 is 22.4 Å². The Labute approximate surface area is 104 Å². The molecule has 0 bridgehead atoms. The van der Waals surface area contributed by atoms with Crippen LogP contribution in [0, 0.1) is 0 Å². The average Bonchev–Trinajstić information content (AvgIpc) is 2.26. The van der Waals surface area contributed by atoms with Crippen molar-refractivity contribution in [1.29, 1.82) is 0 Å². The highest BCUT2D eigenvalue weighted by Crippen LogP contribution is 2.13. The maximum Gasteiger partial charge on any atom is 0.216 e. The third-order valence-corrected chi connectivity index (χ3v) is 4.27. The molecule has 1 atom stereocenters. The first kappa shape index (κ1) is 16.1. The number of ether oxygens (including phenoxy) is 1. The summed E-state index contributed by atoms with van der Waals surface area (Å²) >= 11 is 0. The molecule has 0 aliphatic carbocycles. The molecule has 1 heterocycles. The van der Waals surface area contributed by atoms with Crippen LogP contribution in [0.5, 0.6) is 0 Å². The molecule has 98 valence electrons. The second-order valence-electron chi connectivity index (χ2n) is 3.63. The van der Waals surface area contributed by atoms with Gasteiger partial charge in [-0.05, 0) is 19.4 Å². The summed E-state index contributed by atoms with van der Waals surface area (Å²) in [6.07, 6.45) is 1.54. The monoisotopic (exact) mass is 272 g/mol. The molecule has 1 unspecified atom stereocenters. The fraction of sp³-hybridized carbons (Fsp3) is 1.00. The number of sulfonamides is 1. The maximum atomic E-state index is 11.7. The van der Waals surface area contributed by atoms with Gasteiger partial charge in [-0.25, -0.2) is 13.1 Å². The fourth-order valence-electron chi connectivity index (χ4n) is 1.53. The molecule has 1 fully saturated rings. The molecule has 0 aromatic carbocycles. The minimum Gasteiger partial charge on any atom is -0.380 e. The molecule has 1 rings (SSSR count). The second-order valence-corrected chi connectivity index (χ2v) is 5.68. The minimum absolute atomic E-state index is 0. The molecule has 0 saturated carbocycles. The molecule has 5 nitrogen and oxygen atoms in total. The highest BCUT2D eigenvalue weighted by molar-refractivity contribution is 7.90. The predicted octanol–water partition coefficient (Wildman–Crippen LogP) is 0.116. The maximum absolute atomic E-state index is 11.7. The summed E-state index contributed by atoms with van der Waals surface area (Å²) in [6, 6.07) is 0. The van der Waals surface area contributed by atoms with Crippen molar-refractivity contribution in [2.45, 2.75) is 25.0 Å². The zero-order valence-corrected chi connectivity index (χ0v) is 11.2. The third kappa shape index (κ3) is 5.45. The summed E-state index contributed by atoms with van der Waals surface area (Å²) in [5.41, 5.74) is 0. The number of hydrogen-bond donors (Lipinski definition) is 2. The molecule has 7 heteroatoms. The van der Waals surface area contributed by atoms with E-state index < -0.39 is 10.0 Å². The summed E-state index contributed by atoms with van der Waals surface area (Å²) in [5, 5.41) is 2.70. The standard InChI is InChI=1S/C9H20N2O3S.ClH/c1-2-10-5-6-11-15(12,13)9-4-3-7-14-8-9;/h9-11H,2-8H2,1H3;1H. The van der Waals surface area contributed by atoms with E-state index in [1.807, 2.05) is 6.92 Å². The zero-order chi connectivity index (χ0) is 11.1. The van der Waals surface area contributed by atoms with Gasteiger partial charge in [0, 0.05) is 19.7 Å². The normalized spacial score (nSPS) is 21.4. The Morgan fingerprint density at radius 2 is 2.12 bits per heavy atom. The van der Waals surface area contributed by atoms with Crippen LogP contribution in [-0.4, -0.2) is 46.5 Å². The molecular weight excluding hydrogens is 252 g/mol. The quantitative estimate of drug-likeness (QED) is 0.674. The lowest BCUT2D eigenvalue weighted by Crippen LogP contribution is -2.41. The van der Waals surface area contributed by atoms with Crippen molar-refractivity contribution in [3.8, 4) is 0 Å². The first-order valence-corrected chi connectivity index (χ1v) is 6.98. The fourth-order valence-corrected chi connectivity index (χ4v) is 2.91. The van der Waals surface area contributed by atoms with E-state index in [-0.39, 0.29) is 17.7 Å². The minimum atomic E-state index is -3.18. The summed E-state index contributed by atoms with van der Waals surface area (Å²) < 4.78 is 31.2. The Morgan fingerprint density at radius 3 is 2.69 bits per heavy atom. The van der Waals surface area contributed by atoms with Gasteiger partial charge in [-0.2, -0.15) is 0 Å². The van der Waals surface area contributed by atoms with Gasteiger partial charge in [-0.3, -0.25) is 0 Å². The lowest BCUT2D eigenvalue weighted by molar-refractivity contribution is 0.0988. The summed E-state index contributed by atoms with van der Waals surface area (Å²) in [6.45, 7) is 4.98. The molecule has 0 aromatic heterocycles. The van der Waals surface area contributed by atoms with Crippen LogP contribution in [0.2, 0.25) is 0 Å². The Balaban J connectivity index is 0.00000225. The van der Waals surface area contributed by atoms with Gasteiger partial charge < -0.3 is 10.1 Å². The van der Waals surface area contributed by atoms with E-state index in [0.29, 0.717) is 32.7 Å². The van der Waals surface area contributed by atoms with E-state index in [1.165, 1.54) is 0 Å². The van der Waals surface area contributed by atoms with Gasteiger partial charge >= 0.3 is 0 Å². The van der Waals surface area contributed by atoms with Gasteiger partial charge in [0.15, 0.2) is 0 Å². The van der Waals surface area contributed by atoms with Crippen LogP contribution in [0.1, 0.15) is 19.8 Å². The molecule has 2 N–H and O–H groups in total. The molecular formula is C9H21ClN2O3S. The van der Waals surface area contributed by atoms with Crippen LogP contribution in [0.25, 0.3) is 0 Å². The van der Waals surface area contributed by atoms with E-state index in [2.05, 4.69) is 10.0 Å². The van der Waals surface area contributed by atoms with Gasteiger partial charge in [-0.15, -0.1) is 12.4 Å². The lowest BCUT2D eigenvalue weighted by atomic mass is 10.2. The van der Waals surface area contributed by atoms with E-state index >= 15 is 0 Å². The van der Waals surface area contributed by atoms with Gasteiger partial charge in [0.2, 0.25) is 10.0 Å². The zero-order valence-electron chi connectivity index (χ0n) is 9.57. The molecule has 1 saturated heterocycles. The van der Waals surface area contributed by atoms with Crippen LogP contribution >= 0.6 is 12.4 Å². The molecule has 1 aliphatic rings. The van der Waals surface area contributed by atoms with Gasteiger partial charge in [0.05, 0.1) is 11.9 Å². The van der Waals surface area contributed by atoms with Crippen LogP contribution in [0.4, 0.5) is 0 Å². The van der Waals surface area contributed by atoms with Crippen molar-refractivity contribution in [3.63, 3.8) is 0 Å². The van der Waals surface area contributed by atoms with E-state index in [4.69, 9.17) is 4.74 Å². The molecule has 0 spiro atoms. The molecule has 0 amide bonds. The van der Waals surface area contributed by atoms with Crippen molar-refractivity contribution in [1.82, 2.24) is 10.0 Å². The van der Waals surface area contributed by atoms with Crippen molar-refractivity contribution in [3.05, 3.63) is 0 Å². The summed E-state index contributed by atoms with van der Waals surface area (Å²) in [7, 11) is -3.18. The van der Waals surface area contributed by atoms with Crippen LogP contribution in [-0.2, 0) is 14.8 Å². The molecule has 1 aliphatic heterocycles. The highest BCUT2D eigenvalue weighted by atomic mass is 35.5. The number of rotatable bonds is 6. The van der Waals surface area contributed by atoms with E-state index in [9.17, 15) is 8.42 Å². The highest BCUT2D eigenvalue weighted by Gasteiger charge is 2.27. The average molecular weight is 273 g/mol. The van der Waals surface area contributed by atoms with Gasteiger partial charge in [0.25, 0.3) is 0 Å². The van der Waals surface area contributed by atoms with Crippen LogP contribution in [0.15, 0.2) is 0 Å². The molecule has 0 radical (unpaired) electrons. The molecule has 16 heavy (non-hydrogen) atoms. The van der Waals surface area contributed by atoms with E-state index in [0.717, 1.165) is 13.0 Å². The smallest absolute Gasteiger partial charge is 0.216 e. The summed E-state index contributed by atoms with van der Waals surface area (Å²) in [5.74, 6) is 0. The topological polar surface area (TPSA) is 67.4 Å². The Kier molecular flexibility index (Phi) is 8.31. The van der Waals surface area contributed by atoms with Crippen molar-refractivity contribution in [2.75, 3.05) is 32.8 Å². The first-order valence-electron chi connectivity index (χ1n) is 5.43. The predicted molar refractivity (Wildman–Crippen MR) is 66.6 cm³/mol. The largest absolute Gasteiger partial charge is 0.380 e. The molecule has 0 aromatic rings.